The molecule has 0 fully saturated rings. The smallest absolute Gasteiger partial charge is 0.258 e. The lowest BCUT2D eigenvalue weighted by Gasteiger charge is -2.23. The third-order valence-electron chi connectivity index (χ3n) is 4.79. The van der Waals surface area contributed by atoms with Gasteiger partial charge in [-0.15, -0.1) is 11.8 Å². The van der Waals surface area contributed by atoms with Gasteiger partial charge in [0.1, 0.15) is 0 Å². The van der Waals surface area contributed by atoms with E-state index in [2.05, 4.69) is 12.1 Å². The summed E-state index contributed by atoms with van der Waals surface area (Å²) in [7, 11) is 2.71. The fourth-order valence-corrected chi connectivity index (χ4v) is 3.90. The summed E-state index contributed by atoms with van der Waals surface area (Å²) >= 11 is 1.67. The number of hydrogen-bond donors (Lipinski definition) is 1. The van der Waals surface area contributed by atoms with Gasteiger partial charge in [0.15, 0.2) is 12.4 Å². The molecule has 0 amide bonds. The molecule has 3 aromatic rings. The van der Waals surface area contributed by atoms with Crippen molar-refractivity contribution < 1.29 is 14.6 Å². The maximum Gasteiger partial charge on any atom is 0.258 e. The number of carbonyl (C=O) groups is 1. The second-order valence-electron chi connectivity index (χ2n) is 7.14. The SMILES string of the molecule is CO.CSc1ccc(-c2c(C(C=O)OC(C)C)n(C)c(=O)c3ccc(C)cc23)cc1. The summed E-state index contributed by atoms with van der Waals surface area (Å²) in [6.45, 7) is 5.76. The number of fused-ring (bicyclic) bond motifs is 1. The van der Waals surface area contributed by atoms with Crippen LogP contribution in [-0.2, 0) is 16.6 Å². The summed E-state index contributed by atoms with van der Waals surface area (Å²) in [4.78, 5) is 26.1. The number of carbonyl (C=O) groups excluding carboxylic acids is 1. The Kier molecular flexibility index (Phi) is 8.41. The molecule has 0 radical (unpaired) electrons. The number of nitrogens with zero attached hydrogens (tertiary/aromatic N) is 1. The number of thioether (sulfide) groups is 1. The van der Waals surface area contributed by atoms with Crippen LogP contribution in [0, 0.1) is 6.92 Å². The molecule has 1 unspecified atom stereocenters. The first-order valence-electron chi connectivity index (χ1n) is 9.70. The topological polar surface area (TPSA) is 68.5 Å². The second-order valence-corrected chi connectivity index (χ2v) is 8.02. The highest BCUT2D eigenvalue weighted by molar-refractivity contribution is 7.98. The van der Waals surface area contributed by atoms with Crippen molar-refractivity contribution in [3.63, 3.8) is 0 Å². The first-order valence-corrected chi connectivity index (χ1v) is 10.9. The number of pyridine rings is 1. The molecule has 1 atom stereocenters. The third kappa shape index (κ3) is 4.83. The molecule has 0 bridgehead atoms. The van der Waals surface area contributed by atoms with E-state index in [1.165, 1.54) is 0 Å². The van der Waals surface area contributed by atoms with Crippen LogP contribution in [0.3, 0.4) is 0 Å². The molecule has 1 heterocycles. The van der Waals surface area contributed by atoms with Gasteiger partial charge >= 0.3 is 0 Å². The van der Waals surface area contributed by atoms with E-state index in [9.17, 15) is 9.59 Å². The molecule has 5 nitrogen and oxygen atoms in total. The highest BCUT2D eigenvalue weighted by Gasteiger charge is 2.24. The number of aliphatic hydroxyl groups excluding tert-OH is 1. The molecule has 6 heteroatoms. The number of hydrogen-bond acceptors (Lipinski definition) is 5. The lowest BCUT2D eigenvalue weighted by molar-refractivity contribution is -0.121. The quantitative estimate of drug-likeness (QED) is 0.463. The van der Waals surface area contributed by atoms with Crippen LogP contribution in [0.2, 0.25) is 0 Å². The number of aldehydes is 1. The fraction of sp³-hybridized carbons (Fsp3) is 0.333. The van der Waals surface area contributed by atoms with Crippen LogP contribution in [0.1, 0.15) is 31.2 Å². The summed E-state index contributed by atoms with van der Waals surface area (Å²) < 4.78 is 7.43. The Bertz CT molecular complexity index is 1070. The zero-order chi connectivity index (χ0) is 22.4. The van der Waals surface area contributed by atoms with Crippen molar-refractivity contribution >= 4 is 28.8 Å². The average molecular weight is 428 g/mol. The van der Waals surface area contributed by atoms with Gasteiger partial charge in [0.05, 0.1) is 11.8 Å². The van der Waals surface area contributed by atoms with Crippen molar-refractivity contribution in [3.05, 3.63) is 64.1 Å². The highest BCUT2D eigenvalue weighted by Crippen LogP contribution is 2.36. The first kappa shape index (κ1) is 23.9. The number of aromatic nitrogens is 1. The lowest BCUT2D eigenvalue weighted by Crippen LogP contribution is -2.26. The number of aliphatic hydroxyl groups is 1. The van der Waals surface area contributed by atoms with E-state index >= 15 is 0 Å². The monoisotopic (exact) mass is 427 g/mol. The predicted molar refractivity (Wildman–Crippen MR) is 124 cm³/mol. The molecule has 1 aromatic heterocycles. The van der Waals surface area contributed by atoms with Crippen LogP contribution in [-0.4, -0.2) is 35.4 Å². The van der Waals surface area contributed by atoms with Crippen LogP contribution >= 0.6 is 11.8 Å². The molecule has 1 N–H and O–H groups in total. The maximum atomic E-state index is 13.0. The van der Waals surface area contributed by atoms with Crippen molar-refractivity contribution in [1.29, 1.82) is 0 Å². The van der Waals surface area contributed by atoms with Crippen LogP contribution in [0.5, 0.6) is 0 Å². The van der Waals surface area contributed by atoms with Gasteiger partial charge in [-0.25, -0.2) is 0 Å². The Labute approximate surface area is 181 Å². The first-order chi connectivity index (χ1) is 14.4. The van der Waals surface area contributed by atoms with Crippen LogP contribution < -0.4 is 5.56 Å². The number of rotatable bonds is 6. The summed E-state index contributed by atoms with van der Waals surface area (Å²) in [6.07, 6.45) is 1.84. The van der Waals surface area contributed by atoms with Gasteiger partial charge in [-0.2, -0.15) is 0 Å². The number of benzene rings is 2. The average Bonchev–Trinajstić information content (AvgIpc) is 2.76. The zero-order valence-electron chi connectivity index (χ0n) is 18.3. The van der Waals surface area contributed by atoms with Crippen molar-refractivity contribution in [1.82, 2.24) is 4.57 Å². The molecule has 0 aliphatic heterocycles. The van der Waals surface area contributed by atoms with Crippen LogP contribution in [0.4, 0.5) is 0 Å². The van der Waals surface area contributed by atoms with Gasteiger partial charge in [0.25, 0.3) is 5.56 Å². The molecule has 30 heavy (non-hydrogen) atoms. The van der Waals surface area contributed by atoms with E-state index < -0.39 is 6.10 Å². The van der Waals surface area contributed by atoms with Gasteiger partial charge < -0.3 is 19.2 Å². The molecule has 0 aliphatic carbocycles. The maximum absolute atomic E-state index is 13.0. The Morgan fingerprint density at radius 3 is 2.23 bits per heavy atom. The predicted octanol–water partition coefficient (Wildman–Crippen LogP) is 4.51. The summed E-state index contributed by atoms with van der Waals surface area (Å²) in [5.74, 6) is 0. The standard InChI is InChI=1S/C23H25NO3S.CH4O/c1-14(2)27-20(13-25)22-21(16-7-9-17(28-5)10-8-16)19-12-15(3)6-11-18(19)23(26)24(22)4;1-2/h6-14,20H,1-5H3;2H,1H3. The zero-order valence-corrected chi connectivity index (χ0v) is 19.1. The molecule has 2 aromatic carbocycles. The number of aryl methyl sites for hydroxylation is 1. The minimum absolute atomic E-state index is 0.131. The number of ether oxygens (including phenoxy) is 1. The van der Waals surface area contributed by atoms with Gasteiger partial charge in [0, 0.05) is 30.0 Å². The minimum Gasteiger partial charge on any atom is -0.400 e. The summed E-state index contributed by atoms with van der Waals surface area (Å²) in [6, 6.07) is 14.0. The van der Waals surface area contributed by atoms with Crippen molar-refractivity contribution in [2.45, 2.75) is 37.9 Å². The van der Waals surface area contributed by atoms with Crippen molar-refractivity contribution in [2.75, 3.05) is 13.4 Å². The molecule has 3 rings (SSSR count). The lowest BCUT2D eigenvalue weighted by atomic mass is 9.94. The molecular formula is C24H29NO4S. The third-order valence-corrected chi connectivity index (χ3v) is 5.53. The summed E-state index contributed by atoms with van der Waals surface area (Å²) in [5, 5.41) is 8.48. The Morgan fingerprint density at radius 1 is 1.07 bits per heavy atom. The largest absolute Gasteiger partial charge is 0.400 e. The minimum atomic E-state index is -0.821. The normalized spacial score (nSPS) is 11.9. The van der Waals surface area contributed by atoms with E-state index in [0.29, 0.717) is 11.1 Å². The molecule has 160 valence electrons. The fourth-order valence-electron chi connectivity index (χ4n) is 3.50. The molecular weight excluding hydrogens is 398 g/mol. The Hall–Kier alpha value is -2.41. The van der Waals surface area contributed by atoms with Crippen LogP contribution in [0.15, 0.2) is 52.2 Å². The van der Waals surface area contributed by atoms with E-state index in [1.54, 1.807) is 23.4 Å². The van der Waals surface area contributed by atoms with E-state index in [4.69, 9.17) is 9.84 Å². The Balaban J connectivity index is 0.00000155. The van der Waals surface area contributed by atoms with Crippen molar-refractivity contribution in [3.8, 4) is 11.1 Å². The van der Waals surface area contributed by atoms with Gasteiger partial charge in [-0.1, -0.05) is 29.8 Å². The molecule has 0 spiro atoms. The molecule has 0 aliphatic rings. The summed E-state index contributed by atoms with van der Waals surface area (Å²) in [5.41, 5.74) is 3.34. The van der Waals surface area contributed by atoms with Gasteiger partial charge in [0.2, 0.25) is 0 Å². The van der Waals surface area contributed by atoms with Crippen LogP contribution in [0.25, 0.3) is 21.9 Å². The van der Waals surface area contributed by atoms with E-state index in [0.717, 1.165) is 40.4 Å². The highest BCUT2D eigenvalue weighted by atomic mass is 32.2. The molecule has 0 saturated heterocycles. The molecule has 0 saturated carbocycles. The van der Waals surface area contributed by atoms with Gasteiger partial charge in [-0.3, -0.25) is 4.79 Å². The van der Waals surface area contributed by atoms with E-state index in [1.807, 2.05) is 57.4 Å². The van der Waals surface area contributed by atoms with E-state index in [-0.39, 0.29) is 11.7 Å². The Morgan fingerprint density at radius 2 is 1.70 bits per heavy atom. The van der Waals surface area contributed by atoms with Crippen molar-refractivity contribution in [2.24, 2.45) is 7.05 Å². The van der Waals surface area contributed by atoms with Gasteiger partial charge in [-0.05, 0) is 56.2 Å². The second kappa shape index (κ2) is 10.6.